The number of fused-ring (bicyclic) bond motifs is 1. The number of nitrogens with zero attached hydrogens (tertiary/aromatic N) is 4. The van der Waals surface area contributed by atoms with Gasteiger partial charge < -0.3 is 15.1 Å². The third-order valence-corrected chi connectivity index (χ3v) is 6.04. The molecule has 2 aliphatic heterocycles. The summed E-state index contributed by atoms with van der Waals surface area (Å²) in [5, 5.41) is 3.54. The van der Waals surface area contributed by atoms with Gasteiger partial charge >= 0.3 is 0 Å². The van der Waals surface area contributed by atoms with Crippen molar-refractivity contribution in [3.05, 3.63) is 0 Å². The summed E-state index contributed by atoms with van der Waals surface area (Å²) >= 11 is 0. The molecule has 2 saturated heterocycles. The molecule has 3 fully saturated rings. The van der Waals surface area contributed by atoms with Crippen molar-refractivity contribution in [2.24, 2.45) is 16.8 Å². The van der Waals surface area contributed by atoms with E-state index in [-0.39, 0.29) is 0 Å². The quantitative estimate of drug-likeness (QED) is 0.628. The van der Waals surface area contributed by atoms with Crippen molar-refractivity contribution in [1.82, 2.24) is 20.0 Å². The van der Waals surface area contributed by atoms with Crippen molar-refractivity contribution in [2.45, 2.75) is 38.6 Å². The first kappa shape index (κ1) is 17.0. The second-order valence-electron chi connectivity index (χ2n) is 7.80. The normalized spacial score (nSPS) is 33.8. The standard InChI is InChI=1S/C18H35N5/c1-4-19-18(20-11-17-14-21(2)9-10-22(17)3)23-12-15-7-5-6-8-16(15)13-23/h15-17H,4-14H2,1-3H3,(H,19,20). The Morgan fingerprint density at radius 2 is 1.74 bits per heavy atom. The number of rotatable bonds is 3. The molecule has 132 valence electrons. The van der Waals surface area contributed by atoms with E-state index in [2.05, 4.69) is 41.0 Å². The van der Waals surface area contributed by atoms with Gasteiger partial charge in [0, 0.05) is 45.3 Å². The Morgan fingerprint density at radius 1 is 1.04 bits per heavy atom. The minimum absolute atomic E-state index is 0.548. The van der Waals surface area contributed by atoms with Gasteiger partial charge in [0.15, 0.2) is 5.96 Å². The predicted molar refractivity (Wildman–Crippen MR) is 96.9 cm³/mol. The van der Waals surface area contributed by atoms with Crippen LogP contribution in [0.1, 0.15) is 32.6 Å². The molecular formula is C18H35N5. The maximum absolute atomic E-state index is 5.03. The maximum atomic E-state index is 5.03. The van der Waals surface area contributed by atoms with Crippen molar-refractivity contribution in [2.75, 3.05) is 59.9 Å². The van der Waals surface area contributed by atoms with Crippen LogP contribution in [0.25, 0.3) is 0 Å². The zero-order valence-corrected chi connectivity index (χ0v) is 15.3. The van der Waals surface area contributed by atoms with Gasteiger partial charge in [-0.05, 0) is 45.7 Å². The van der Waals surface area contributed by atoms with Crippen LogP contribution in [0.4, 0.5) is 0 Å². The number of nitrogens with one attached hydrogen (secondary N) is 1. The van der Waals surface area contributed by atoms with Gasteiger partial charge in [0.1, 0.15) is 0 Å². The summed E-state index contributed by atoms with van der Waals surface area (Å²) in [6, 6.07) is 0.548. The molecule has 3 atom stereocenters. The second-order valence-corrected chi connectivity index (χ2v) is 7.80. The lowest BCUT2D eigenvalue weighted by atomic mass is 9.82. The fourth-order valence-electron chi connectivity index (χ4n) is 4.50. The fraction of sp³-hybridized carbons (Fsp3) is 0.944. The molecule has 3 rings (SSSR count). The molecule has 0 aromatic heterocycles. The average Bonchev–Trinajstić information content (AvgIpc) is 2.98. The molecule has 0 bridgehead atoms. The van der Waals surface area contributed by atoms with E-state index in [1.54, 1.807) is 0 Å². The predicted octanol–water partition coefficient (Wildman–Crippen LogP) is 1.32. The number of guanidine groups is 1. The lowest BCUT2D eigenvalue weighted by molar-refractivity contribution is 0.119. The first-order valence-corrected chi connectivity index (χ1v) is 9.59. The molecule has 1 aliphatic carbocycles. The van der Waals surface area contributed by atoms with Crippen LogP contribution in [-0.4, -0.2) is 86.6 Å². The van der Waals surface area contributed by atoms with Crippen LogP contribution in [-0.2, 0) is 0 Å². The fourth-order valence-corrected chi connectivity index (χ4v) is 4.50. The zero-order chi connectivity index (χ0) is 16.2. The number of hydrogen-bond acceptors (Lipinski definition) is 3. The Morgan fingerprint density at radius 3 is 2.39 bits per heavy atom. The molecular weight excluding hydrogens is 286 g/mol. The Bertz CT molecular complexity index is 396. The molecule has 3 unspecified atom stereocenters. The van der Waals surface area contributed by atoms with Gasteiger partial charge in [0.05, 0.1) is 6.54 Å². The van der Waals surface area contributed by atoms with Crippen LogP contribution in [0.2, 0.25) is 0 Å². The van der Waals surface area contributed by atoms with E-state index in [1.165, 1.54) is 45.3 Å². The van der Waals surface area contributed by atoms with E-state index < -0.39 is 0 Å². The highest BCUT2D eigenvalue weighted by atomic mass is 15.3. The lowest BCUT2D eigenvalue weighted by Gasteiger charge is -2.37. The van der Waals surface area contributed by atoms with Gasteiger partial charge in [0.2, 0.25) is 0 Å². The van der Waals surface area contributed by atoms with E-state index in [4.69, 9.17) is 4.99 Å². The SMILES string of the molecule is CCNC(=NCC1CN(C)CCN1C)N1CC2CCCCC2C1. The van der Waals surface area contributed by atoms with E-state index in [0.717, 1.165) is 44.0 Å². The lowest BCUT2D eigenvalue weighted by Crippen LogP contribution is -2.51. The van der Waals surface area contributed by atoms with Crippen LogP contribution >= 0.6 is 0 Å². The Labute approximate surface area is 142 Å². The van der Waals surface area contributed by atoms with Crippen molar-refractivity contribution in [1.29, 1.82) is 0 Å². The van der Waals surface area contributed by atoms with Gasteiger partial charge in [-0.1, -0.05) is 12.8 Å². The van der Waals surface area contributed by atoms with Crippen molar-refractivity contribution >= 4 is 5.96 Å². The summed E-state index contributed by atoms with van der Waals surface area (Å²) in [4.78, 5) is 12.5. The van der Waals surface area contributed by atoms with Crippen molar-refractivity contribution in [3.8, 4) is 0 Å². The van der Waals surface area contributed by atoms with Crippen LogP contribution in [0.3, 0.4) is 0 Å². The number of aliphatic imine (C=N–C) groups is 1. The third kappa shape index (κ3) is 4.18. The Kier molecular flexibility index (Phi) is 5.81. The molecule has 0 aromatic rings. The summed E-state index contributed by atoms with van der Waals surface area (Å²) in [5.41, 5.74) is 0. The maximum Gasteiger partial charge on any atom is 0.193 e. The molecule has 3 aliphatic rings. The molecule has 5 nitrogen and oxygen atoms in total. The van der Waals surface area contributed by atoms with Crippen molar-refractivity contribution < 1.29 is 0 Å². The third-order valence-electron chi connectivity index (χ3n) is 6.04. The van der Waals surface area contributed by atoms with Gasteiger partial charge in [0.25, 0.3) is 0 Å². The highest BCUT2D eigenvalue weighted by Crippen LogP contribution is 2.35. The van der Waals surface area contributed by atoms with Crippen LogP contribution in [0.15, 0.2) is 4.99 Å². The topological polar surface area (TPSA) is 34.1 Å². The molecule has 0 aromatic carbocycles. The molecule has 0 radical (unpaired) electrons. The average molecular weight is 322 g/mol. The first-order chi connectivity index (χ1) is 11.2. The minimum Gasteiger partial charge on any atom is -0.357 e. The number of hydrogen-bond donors (Lipinski definition) is 1. The monoisotopic (exact) mass is 321 g/mol. The summed E-state index contributed by atoms with van der Waals surface area (Å²) in [6.07, 6.45) is 5.72. The van der Waals surface area contributed by atoms with E-state index in [1.807, 2.05) is 0 Å². The van der Waals surface area contributed by atoms with E-state index in [9.17, 15) is 0 Å². The van der Waals surface area contributed by atoms with Gasteiger partial charge in [-0.2, -0.15) is 0 Å². The van der Waals surface area contributed by atoms with Crippen LogP contribution < -0.4 is 5.32 Å². The number of likely N-dealkylation sites (tertiary alicyclic amines) is 1. The Hall–Kier alpha value is -0.810. The van der Waals surface area contributed by atoms with Gasteiger partial charge in [-0.25, -0.2) is 0 Å². The number of piperazine rings is 1. The van der Waals surface area contributed by atoms with Crippen LogP contribution in [0.5, 0.6) is 0 Å². The summed E-state index contributed by atoms with van der Waals surface area (Å²) in [7, 11) is 4.46. The zero-order valence-electron chi connectivity index (χ0n) is 15.3. The number of likely N-dealkylation sites (N-methyl/N-ethyl adjacent to an activating group) is 2. The Balaban J connectivity index is 1.61. The molecule has 23 heavy (non-hydrogen) atoms. The molecule has 0 amide bonds. The molecule has 2 heterocycles. The highest BCUT2D eigenvalue weighted by molar-refractivity contribution is 5.80. The summed E-state index contributed by atoms with van der Waals surface area (Å²) in [6.45, 7) is 9.95. The first-order valence-electron chi connectivity index (χ1n) is 9.59. The summed E-state index contributed by atoms with van der Waals surface area (Å²) in [5.74, 6) is 2.98. The largest absolute Gasteiger partial charge is 0.357 e. The minimum atomic E-state index is 0.548. The second kappa shape index (κ2) is 7.84. The van der Waals surface area contributed by atoms with E-state index >= 15 is 0 Å². The smallest absolute Gasteiger partial charge is 0.193 e. The summed E-state index contributed by atoms with van der Waals surface area (Å²) < 4.78 is 0. The van der Waals surface area contributed by atoms with Gasteiger partial charge in [-0.15, -0.1) is 0 Å². The van der Waals surface area contributed by atoms with Crippen LogP contribution in [0, 0.1) is 11.8 Å². The molecule has 5 heteroatoms. The molecule has 1 saturated carbocycles. The van der Waals surface area contributed by atoms with Crippen molar-refractivity contribution in [3.63, 3.8) is 0 Å². The molecule has 1 N–H and O–H groups in total. The molecule has 0 spiro atoms. The van der Waals surface area contributed by atoms with Gasteiger partial charge in [-0.3, -0.25) is 9.89 Å². The highest BCUT2D eigenvalue weighted by Gasteiger charge is 2.35. The van der Waals surface area contributed by atoms with E-state index in [0.29, 0.717) is 6.04 Å².